The Labute approximate surface area is 76.5 Å². The van der Waals surface area contributed by atoms with Crippen LogP contribution in [0.3, 0.4) is 0 Å². The van der Waals surface area contributed by atoms with Crippen molar-refractivity contribution in [2.75, 3.05) is 0 Å². The number of rotatable bonds is 2. The van der Waals surface area contributed by atoms with Crippen molar-refractivity contribution in [3.63, 3.8) is 0 Å². The van der Waals surface area contributed by atoms with E-state index in [-0.39, 0.29) is 0 Å². The first-order chi connectivity index (χ1) is 6.40. The molecule has 2 N–H and O–H groups in total. The van der Waals surface area contributed by atoms with Crippen LogP contribution >= 0.6 is 0 Å². The Kier molecular flexibility index (Phi) is 2.00. The topological polar surface area (TPSA) is 44.5 Å². The van der Waals surface area contributed by atoms with Crippen LogP contribution in [0.1, 0.15) is 12.5 Å². The Morgan fingerprint density at radius 1 is 1.38 bits per heavy atom. The fraction of sp³-hybridized carbons (Fsp3) is 0.100. The molecule has 0 aliphatic rings. The molecule has 0 saturated carbocycles. The van der Waals surface area contributed by atoms with Gasteiger partial charge < -0.3 is 4.98 Å². The zero-order valence-corrected chi connectivity index (χ0v) is 7.41. The van der Waals surface area contributed by atoms with E-state index in [1.165, 1.54) is 5.56 Å². The highest BCUT2D eigenvalue weighted by Gasteiger charge is 1.99. The predicted molar refractivity (Wildman–Crippen MR) is 53.1 cm³/mol. The molecular weight excluding hydrogens is 162 g/mol. The van der Waals surface area contributed by atoms with Crippen molar-refractivity contribution in [2.45, 2.75) is 6.92 Å². The Morgan fingerprint density at radius 3 is 3.00 bits per heavy atom. The molecule has 0 fully saturated rings. The van der Waals surface area contributed by atoms with Gasteiger partial charge in [0.1, 0.15) is 0 Å². The number of aromatic amines is 2. The molecule has 0 spiro atoms. The van der Waals surface area contributed by atoms with E-state index in [0.717, 1.165) is 11.3 Å². The number of H-pyrrole nitrogens is 2. The third kappa shape index (κ3) is 1.54. The largest absolute Gasteiger partial charge is 0.360 e. The molecule has 0 aliphatic heterocycles. The Hall–Kier alpha value is -1.77. The van der Waals surface area contributed by atoms with E-state index < -0.39 is 0 Å². The molecule has 3 heteroatoms. The van der Waals surface area contributed by atoms with Crippen LogP contribution in [-0.2, 0) is 0 Å². The number of aromatic nitrogens is 3. The number of nitrogens with zero attached hydrogens (tertiary/aromatic N) is 1. The predicted octanol–water partition coefficient (Wildman–Crippen LogP) is 2.44. The second-order valence-electron chi connectivity index (χ2n) is 2.83. The molecule has 2 aromatic heterocycles. The van der Waals surface area contributed by atoms with Crippen LogP contribution in [0.2, 0.25) is 0 Å². The fourth-order valence-corrected chi connectivity index (χ4v) is 1.26. The van der Waals surface area contributed by atoms with Crippen molar-refractivity contribution >= 4 is 6.08 Å². The average Bonchev–Trinajstić information content (AvgIpc) is 2.70. The molecule has 3 nitrogen and oxygen atoms in total. The zero-order valence-electron chi connectivity index (χ0n) is 7.41. The lowest BCUT2D eigenvalue weighted by molar-refractivity contribution is 1.09. The number of nitrogens with one attached hydrogen (secondary N) is 2. The fourth-order valence-electron chi connectivity index (χ4n) is 1.26. The van der Waals surface area contributed by atoms with E-state index >= 15 is 0 Å². The van der Waals surface area contributed by atoms with Gasteiger partial charge in [-0.25, -0.2) is 0 Å². The molecule has 0 aromatic carbocycles. The van der Waals surface area contributed by atoms with Crippen molar-refractivity contribution in [1.29, 1.82) is 0 Å². The van der Waals surface area contributed by atoms with E-state index in [4.69, 9.17) is 0 Å². The molecule has 2 aromatic rings. The summed E-state index contributed by atoms with van der Waals surface area (Å²) in [5.41, 5.74) is 3.34. The van der Waals surface area contributed by atoms with Gasteiger partial charge in [-0.2, -0.15) is 5.10 Å². The Bertz CT molecular complexity index is 395. The number of allylic oxidation sites excluding steroid dienone is 1. The first-order valence-corrected chi connectivity index (χ1v) is 4.20. The minimum atomic E-state index is 1.08. The van der Waals surface area contributed by atoms with E-state index in [1.807, 2.05) is 25.4 Å². The van der Waals surface area contributed by atoms with Gasteiger partial charge in [-0.3, -0.25) is 5.10 Å². The van der Waals surface area contributed by atoms with Crippen LogP contribution in [0, 0.1) is 0 Å². The van der Waals surface area contributed by atoms with Crippen LogP contribution in [-0.4, -0.2) is 15.2 Å². The monoisotopic (exact) mass is 173 g/mol. The molecule has 13 heavy (non-hydrogen) atoms. The van der Waals surface area contributed by atoms with E-state index in [0.29, 0.717) is 0 Å². The summed E-state index contributed by atoms with van der Waals surface area (Å²) in [6.45, 7) is 2.00. The summed E-state index contributed by atoms with van der Waals surface area (Å²) in [6.07, 6.45) is 9.71. The maximum Gasteiger partial charge on any atom is 0.0580 e. The highest BCUT2D eigenvalue weighted by molar-refractivity contribution is 5.63. The molecule has 0 bridgehead atoms. The van der Waals surface area contributed by atoms with Crippen LogP contribution in [0.15, 0.2) is 30.7 Å². The van der Waals surface area contributed by atoms with Gasteiger partial charge >= 0.3 is 0 Å². The molecule has 2 heterocycles. The average molecular weight is 173 g/mol. The molecule has 0 radical (unpaired) electrons. The van der Waals surface area contributed by atoms with Gasteiger partial charge in [-0.05, 0) is 18.6 Å². The van der Waals surface area contributed by atoms with Crippen molar-refractivity contribution in [1.82, 2.24) is 15.2 Å². The maximum absolute atomic E-state index is 3.89. The minimum absolute atomic E-state index is 1.08. The van der Waals surface area contributed by atoms with Gasteiger partial charge in [-0.1, -0.05) is 12.2 Å². The lowest BCUT2D eigenvalue weighted by Gasteiger charge is -1.86. The minimum Gasteiger partial charge on any atom is -0.360 e. The smallest absolute Gasteiger partial charge is 0.0580 e. The summed E-state index contributed by atoms with van der Waals surface area (Å²) in [7, 11) is 0. The third-order valence-electron chi connectivity index (χ3n) is 1.87. The van der Waals surface area contributed by atoms with Gasteiger partial charge in [0.2, 0.25) is 0 Å². The summed E-state index contributed by atoms with van der Waals surface area (Å²) >= 11 is 0. The highest BCUT2D eigenvalue weighted by atomic mass is 15.1. The van der Waals surface area contributed by atoms with Crippen LogP contribution in [0.4, 0.5) is 0 Å². The van der Waals surface area contributed by atoms with Gasteiger partial charge in [0.25, 0.3) is 0 Å². The highest BCUT2D eigenvalue weighted by Crippen LogP contribution is 2.17. The molecule has 66 valence electrons. The third-order valence-corrected chi connectivity index (χ3v) is 1.87. The first-order valence-electron chi connectivity index (χ1n) is 4.20. The number of hydrogen-bond donors (Lipinski definition) is 2. The van der Waals surface area contributed by atoms with Crippen molar-refractivity contribution in [2.24, 2.45) is 0 Å². The van der Waals surface area contributed by atoms with Gasteiger partial charge in [0, 0.05) is 23.7 Å². The second-order valence-corrected chi connectivity index (χ2v) is 2.83. The quantitative estimate of drug-likeness (QED) is 0.719. The van der Waals surface area contributed by atoms with E-state index in [1.54, 1.807) is 6.20 Å². The zero-order chi connectivity index (χ0) is 9.10. The molecule has 0 saturated heterocycles. The summed E-state index contributed by atoms with van der Waals surface area (Å²) in [6, 6.07) is 2.09. The summed E-state index contributed by atoms with van der Waals surface area (Å²) < 4.78 is 0. The van der Waals surface area contributed by atoms with Crippen molar-refractivity contribution < 1.29 is 0 Å². The standard InChI is InChI=1S/C10H11N3/c1-2-3-8-4-10(11-5-8)9-6-12-13-7-9/h2-7,11H,1H3,(H,12,13). The molecule has 0 amide bonds. The lowest BCUT2D eigenvalue weighted by atomic mass is 10.2. The maximum atomic E-state index is 3.89. The van der Waals surface area contributed by atoms with Gasteiger partial charge in [0.05, 0.1) is 6.20 Å². The van der Waals surface area contributed by atoms with Gasteiger partial charge in [0.15, 0.2) is 0 Å². The second kappa shape index (κ2) is 3.31. The van der Waals surface area contributed by atoms with Crippen LogP contribution in [0.5, 0.6) is 0 Å². The molecule has 0 aliphatic carbocycles. The molecule has 2 rings (SSSR count). The van der Waals surface area contributed by atoms with E-state index in [9.17, 15) is 0 Å². The van der Waals surface area contributed by atoms with Crippen LogP contribution < -0.4 is 0 Å². The summed E-state index contributed by atoms with van der Waals surface area (Å²) in [5.74, 6) is 0. The van der Waals surface area contributed by atoms with E-state index in [2.05, 4.69) is 27.3 Å². The summed E-state index contributed by atoms with van der Waals surface area (Å²) in [5, 5.41) is 6.67. The van der Waals surface area contributed by atoms with Gasteiger partial charge in [-0.15, -0.1) is 0 Å². The van der Waals surface area contributed by atoms with Crippen molar-refractivity contribution in [3.05, 3.63) is 36.3 Å². The number of hydrogen-bond acceptors (Lipinski definition) is 1. The summed E-state index contributed by atoms with van der Waals surface area (Å²) in [4.78, 5) is 3.18. The normalized spacial score (nSPS) is 11.2. The lowest BCUT2D eigenvalue weighted by Crippen LogP contribution is -1.69. The first kappa shape index (κ1) is 7.86. The van der Waals surface area contributed by atoms with Crippen molar-refractivity contribution in [3.8, 4) is 11.3 Å². The molecular formula is C10H11N3. The Balaban J connectivity index is 2.33. The van der Waals surface area contributed by atoms with Crippen LogP contribution in [0.25, 0.3) is 17.3 Å². The SMILES string of the molecule is CC=Cc1c[nH]c(-c2cn[nH]c2)c1. The Morgan fingerprint density at radius 2 is 2.31 bits per heavy atom. The molecule has 0 unspecified atom stereocenters. The molecule has 0 atom stereocenters.